The van der Waals surface area contributed by atoms with E-state index >= 15 is 0 Å². The van der Waals surface area contributed by atoms with Crippen LogP contribution in [0.2, 0.25) is 0 Å². The van der Waals surface area contributed by atoms with E-state index in [2.05, 4.69) is 4.98 Å². The van der Waals surface area contributed by atoms with Gasteiger partial charge in [0.25, 0.3) is 0 Å². The lowest BCUT2D eigenvalue weighted by Gasteiger charge is -2.31. The normalized spacial score (nSPS) is 17.0. The number of hydrogen-bond donors (Lipinski definition) is 0. The molecule has 1 aliphatic rings. The number of nitrogens with zero attached hydrogens (tertiary/aromatic N) is 2. The van der Waals surface area contributed by atoms with Crippen molar-refractivity contribution in [2.45, 2.75) is 32.3 Å². The average Bonchev–Trinajstić information content (AvgIpc) is 3.18. The standard InChI is InChI=1S/C19H22N2O4S/c1-2-24-18(22)16-11-20-17(26-16)15-9-6-10-21(12-15)19(23)25-13-14-7-4-3-5-8-14/h3-5,7-8,11,15H,2,6,9-10,12-13H2,1H3. The Kier molecular flexibility index (Phi) is 6.22. The molecule has 1 fully saturated rings. The van der Waals surface area contributed by atoms with Crippen LogP contribution < -0.4 is 0 Å². The largest absolute Gasteiger partial charge is 0.462 e. The summed E-state index contributed by atoms with van der Waals surface area (Å²) in [6.45, 7) is 3.63. The molecule has 0 radical (unpaired) electrons. The quantitative estimate of drug-likeness (QED) is 0.744. The Morgan fingerprint density at radius 2 is 2.08 bits per heavy atom. The first-order valence-electron chi connectivity index (χ1n) is 8.76. The number of benzene rings is 1. The summed E-state index contributed by atoms with van der Waals surface area (Å²) >= 11 is 1.35. The summed E-state index contributed by atoms with van der Waals surface area (Å²) in [5.41, 5.74) is 0.966. The van der Waals surface area contributed by atoms with E-state index in [0.717, 1.165) is 23.4 Å². The van der Waals surface area contributed by atoms with Gasteiger partial charge in [-0.2, -0.15) is 0 Å². The van der Waals surface area contributed by atoms with Gasteiger partial charge >= 0.3 is 12.1 Å². The molecular weight excluding hydrogens is 352 g/mol. The Morgan fingerprint density at radius 3 is 2.85 bits per heavy atom. The highest BCUT2D eigenvalue weighted by atomic mass is 32.1. The summed E-state index contributed by atoms with van der Waals surface area (Å²) in [5, 5.41) is 0.869. The molecule has 1 unspecified atom stereocenters. The zero-order valence-corrected chi connectivity index (χ0v) is 15.5. The minimum absolute atomic E-state index is 0.126. The molecule has 6 nitrogen and oxygen atoms in total. The van der Waals surface area contributed by atoms with E-state index in [1.165, 1.54) is 11.3 Å². The average molecular weight is 374 g/mol. The van der Waals surface area contributed by atoms with Crippen LogP contribution in [0.15, 0.2) is 36.5 Å². The van der Waals surface area contributed by atoms with Crippen LogP contribution in [0, 0.1) is 0 Å². The summed E-state index contributed by atoms with van der Waals surface area (Å²) in [7, 11) is 0. The van der Waals surface area contributed by atoms with Crippen LogP contribution in [0.5, 0.6) is 0 Å². The molecule has 26 heavy (non-hydrogen) atoms. The van der Waals surface area contributed by atoms with Gasteiger partial charge in [0.2, 0.25) is 0 Å². The first kappa shape index (κ1) is 18.4. The highest BCUT2D eigenvalue weighted by Crippen LogP contribution is 2.30. The second-order valence-corrected chi connectivity index (χ2v) is 7.17. The summed E-state index contributed by atoms with van der Waals surface area (Å²) in [6, 6.07) is 9.63. The number of esters is 1. The van der Waals surface area contributed by atoms with Crippen LogP contribution in [0.4, 0.5) is 4.79 Å². The van der Waals surface area contributed by atoms with Crippen molar-refractivity contribution in [1.82, 2.24) is 9.88 Å². The zero-order valence-electron chi connectivity index (χ0n) is 14.7. The molecule has 1 aromatic heterocycles. The van der Waals surface area contributed by atoms with Crippen molar-refractivity contribution >= 4 is 23.4 Å². The highest BCUT2D eigenvalue weighted by molar-refractivity contribution is 7.13. The fourth-order valence-electron chi connectivity index (χ4n) is 2.93. The molecule has 1 saturated heterocycles. The predicted octanol–water partition coefficient (Wildman–Crippen LogP) is 3.84. The molecule has 138 valence electrons. The maximum Gasteiger partial charge on any atom is 0.410 e. The number of rotatable bonds is 5. The second-order valence-electron chi connectivity index (χ2n) is 6.11. The van der Waals surface area contributed by atoms with Crippen molar-refractivity contribution < 1.29 is 19.1 Å². The topological polar surface area (TPSA) is 68.7 Å². The Bertz CT molecular complexity index is 747. The van der Waals surface area contributed by atoms with Crippen LogP contribution in [-0.2, 0) is 16.1 Å². The molecule has 2 heterocycles. The first-order chi connectivity index (χ1) is 12.7. The Morgan fingerprint density at radius 1 is 1.27 bits per heavy atom. The lowest BCUT2D eigenvalue weighted by atomic mass is 9.99. The van der Waals surface area contributed by atoms with Crippen molar-refractivity contribution in [3.05, 3.63) is 52.0 Å². The van der Waals surface area contributed by atoms with Crippen molar-refractivity contribution in [2.24, 2.45) is 0 Å². The Hall–Kier alpha value is -2.41. The van der Waals surface area contributed by atoms with Gasteiger partial charge < -0.3 is 14.4 Å². The maximum absolute atomic E-state index is 12.4. The Labute approximate surface area is 156 Å². The maximum atomic E-state index is 12.4. The van der Waals surface area contributed by atoms with Crippen LogP contribution in [-0.4, -0.2) is 41.6 Å². The SMILES string of the molecule is CCOC(=O)c1cnc(C2CCCN(C(=O)OCc3ccccc3)C2)s1. The molecule has 1 aliphatic heterocycles. The lowest BCUT2D eigenvalue weighted by molar-refractivity contribution is 0.0531. The molecule has 3 rings (SSSR count). The molecule has 1 atom stereocenters. The molecule has 0 aliphatic carbocycles. The number of piperidine rings is 1. The number of ether oxygens (including phenoxy) is 2. The third kappa shape index (κ3) is 4.60. The molecule has 0 N–H and O–H groups in total. The zero-order chi connectivity index (χ0) is 18.4. The molecule has 7 heteroatoms. The minimum Gasteiger partial charge on any atom is -0.462 e. The number of aromatic nitrogens is 1. The fourth-order valence-corrected chi connectivity index (χ4v) is 3.87. The summed E-state index contributed by atoms with van der Waals surface area (Å²) in [4.78, 5) is 30.8. The summed E-state index contributed by atoms with van der Waals surface area (Å²) < 4.78 is 10.4. The predicted molar refractivity (Wildman–Crippen MR) is 98.2 cm³/mol. The third-order valence-corrected chi connectivity index (χ3v) is 5.37. The number of likely N-dealkylation sites (tertiary alicyclic amines) is 1. The van der Waals surface area contributed by atoms with Gasteiger partial charge in [0.1, 0.15) is 11.5 Å². The van der Waals surface area contributed by atoms with Gasteiger partial charge in [0, 0.05) is 19.0 Å². The van der Waals surface area contributed by atoms with Gasteiger partial charge in [-0.1, -0.05) is 30.3 Å². The third-order valence-electron chi connectivity index (χ3n) is 4.23. The monoisotopic (exact) mass is 374 g/mol. The highest BCUT2D eigenvalue weighted by Gasteiger charge is 2.28. The number of thiazole rings is 1. The minimum atomic E-state index is -0.341. The van der Waals surface area contributed by atoms with Crippen molar-refractivity contribution in [3.63, 3.8) is 0 Å². The number of hydrogen-bond acceptors (Lipinski definition) is 6. The van der Waals surface area contributed by atoms with Crippen molar-refractivity contribution in [3.8, 4) is 0 Å². The van der Waals surface area contributed by atoms with Crippen LogP contribution in [0.25, 0.3) is 0 Å². The molecule has 1 amide bonds. The Balaban J connectivity index is 1.57. The molecule has 1 aromatic carbocycles. The number of amides is 1. The summed E-state index contributed by atoms with van der Waals surface area (Å²) in [5.74, 6) is -0.215. The second kappa shape index (κ2) is 8.80. The van der Waals surface area contributed by atoms with Crippen molar-refractivity contribution in [2.75, 3.05) is 19.7 Å². The van der Waals surface area contributed by atoms with Gasteiger partial charge in [-0.05, 0) is 25.3 Å². The number of carbonyl (C=O) groups excluding carboxylic acids is 2. The molecular formula is C19H22N2O4S. The van der Waals surface area contributed by atoms with Gasteiger partial charge in [0.15, 0.2) is 0 Å². The van der Waals surface area contributed by atoms with Crippen LogP contribution in [0.1, 0.15) is 45.9 Å². The van der Waals surface area contributed by atoms with E-state index in [1.807, 2.05) is 30.3 Å². The first-order valence-corrected chi connectivity index (χ1v) is 9.57. The van der Waals surface area contributed by atoms with E-state index < -0.39 is 0 Å². The van der Waals surface area contributed by atoms with E-state index in [9.17, 15) is 9.59 Å². The van der Waals surface area contributed by atoms with Crippen LogP contribution >= 0.6 is 11.3 Å². The van der Waals surface area contributed by atoms with Gasteiger partial charge in [-0.15, -0.1) is 11.3 Å². The van der Waals surface area contributed by atoms with E-state index in [4.69, 9.17) is 9.47 Å². The summed E-state index contributed by atoms with van der Waals surface area (Å²) in [6.07, 6.45) is 3.09. The molecule has 0 spiro atoms. The molecule has 0 saturated carbocycles. The van der Waals surface area contributed by atoms with Gasteiger partial charge in [-0.25, -0.2) is 14.6 Å². The molecule has 2 aromatic rings. The fraction of sp³-hybridized carbons (Fsp3) is 0.421. The van der Waals surface area contributed by atoms with E-state index in [0.29, 0.717) is 24.6 Å². The molecule has 0 bridgehead atoms. The lowest BCUT2D eigenvalue weighted by Crippen LogP contribution is -2.39. The van der Waals surface area contributed by atoms with Crippen LogP contribution in [0.3, 0.4) is 0 Å². The van der Waals surface area contributed by atoms with Crippen molar-refractivity contribution in [1.29, 1.82) is 0 Å². The smallest absolute Gasteiger partial charge is 0.410 e. The van der Waals surface area contributed by atoms with E-state index in [1.54, 1.807) is 18.0 Å². The number of carbonyl (C=O) groups is 2. The van der Waals surface area contributed by atoms with Gasteiger partial charge in [0.05, 0.1) is 17.8 Å². The van der Waals surface area contributed by atoms with E-state index in [-0.39, 0.29) is 24.6 Å². The van der Waals surface area contributed by atoms with Gasteiger partial charge in [-0.3, -0.25) is 0 Å².